The minimum absolute atomic E-state index is 0.156. The lowest BCUT2D eigenvalue weighted by Crippen LogP contribution is -2.28. The summed E-state index contributed by atoms with van der Waals surface area (Å²) >= 11 is 0.998. The molecule has 0 saturated carbocycles. The van der Waals surface area contributed by atoms with Crippen molar-refractivity contribution in [2.45, 2.75) is 6.42 Å². The van der Waals surface area contributed by atoms with E-state index >= 15 is 0 Å². The van der Waals surface area contributed by atoms with Crippen LogP contribution in [0.1, 0.15) is 24.9 Å². The van der Waals surface area contributed by atoms with E-state index < -0.39 is 5.97 Å². The fraction of sp³-hybridized carbons (Fsp3) is 0.214. The van der Waals surface area contributed by atoms with E-state index in [-0.39, 0.29) is 10.8 Å². The molecule has 0 aliphatic heterocycles. The average molecular weight is 290 g/mol. The van der Waals surface area contributed by atoms with Gasteiger partial charge in [0.25, 0.3) is 5.91 Å². The van der Waals surface area contributed by atoms with Crippen LogP contribution < -0.4 is 0 Å². The van der Waals surface area contributed by atoms with Crippen LogP contribution in [0.3, 0.4) is 0 Å². The van der Waals surface area contributed by atoms with Crippen molar-refractivity contribution in [3.63, 3.8) is 0 Å². The summed E-state index contributed by atoms with van der Waals surface area (Å²) in [5.74, 6) is -1.16. The highest BCUT2D eigenvalue weighted by molar-refractivity contribution is 7.15. The van der Waals surface area contributed by atoms with E-state index in [1.165, 1.54) is 6.07 Å². The molecule has 0 atom stereocenters. The summed E-state index contributed by atoms with van der Waals surface area (Å²) in [5.41, 5.74) is 1.11. The van der Waals surface area contributed by atoms with Crippen LogP contribution in [0, 0.1) is 0 Å². The first-order chi connectivity index (χ1) is 9.58. The molecule has 20 heavy (non-hydrogen) atoms. The van der Waals surface area contributed by atoms with Crippen molar-refractivity contribution in [2.24, 2.45) is 0 Å². The van der Waals surface area contributed by atoms with Crippen molar-refractivity contribution >= 4 is 23.2 Å². The Kier molecular flexibility index (Phi) is 4.47. The third-order valence-electron chi connectivity index (χ3n) is 2.86. The Morgan fingerprint density at radius 1 is 1.20 bits per heavy atom. The molecule has 0 unspecified atom stereocenters. The van der Waals surface area contributed by atoms with Gasteiger partial charge in [-0.25, -0.2) is 4.79 Å². The number of nitrogens with zero attached hydrogens (tertiary/aromatic N) is 2. The van der Waals surface area contributed by atoms with Gasteiger partial charge in [0, 0.05) is 26.0 Å². The highest BCUT2D eigenvalue weighted by atomic mass is 32.1. The number of aromatic carboxylic acids is 1. The zero-order valence-corrected chi connectivity index (χ0v) is 11.8. The number of hydrogen-bond acceptors (Lipinski definition) is 4. The van der Waals surface area contributed by atoms with Gasteiger partial charge in [0.1, 0.15) is 4.88 Å². The molecule has 2 aromatic heterocycles. The summed E-state index contributed by atoms with van der Waals surface area (Å²) in [7, 11) is 1.71. The van der Waals surface area contributed by atoms with Crippen LogP contribution in [0.4, 0.5) is 0 Å². The fourth-order valence-corrected chi connectivity index (χ4v) is 2.54. The Labute approximate surface area is 120 Å². The van der Waals surface area contributed by atoms with Gasteiger partial charge >= 0.3 is 5.97 Å². The molecule has 2 heterocycles. The van der Waals surface area contributed by atoms with Gasteiger partial charge in [0.05, 0.1) is 4.88 Å². The molecule has 0 aliphatic carbocycles. The van der Waals surface area contributed by atoms with Gasteiger partial charge in [0.2, 0.25) is 0 Å². The van der Waals surface area contributed by atoms with Gasteiger partial charge in [-0.05, 0) is 36.2 Å². The first-order valence-electron chi connectivity index (χ1n) is 6.05. The van der Waals surface area contributed by atoms with Gasteiger partial charge in [0.15, 0.2) is 0 Å². The standard InChI is InChI=1S/C14H14N2O3S/c1-16(9-6-10-4-7-15-8-5-10)13(17)11-2-3-12(20-11)14(18)19/h2-5,7-8H,6,9H2,1H3,(H,18,19). The quantitative estimate of drug-likeness (QED) is 0.916. The predicted octanol–water partition coefficient (Wildman–Crippen LogP) is 2.16. The molecule has 0 spiro atoms. The molecule has 6 heteroatoms. The molecule has 0 saturated heterocycles. The zero-order valence-electron chi connectivity index (χ0n) is 10.9. The molecule has 2 aromatic rings. The lowest BCUT2D eigenvalue weighted by Gasteiger charge is -2.16. The molecule has 0 aromatic carbocycles. The summed E-state index contributed by atoms with van der Waals surface area (Å²) in [6, 6.07) is 6.83. The second-order valence-electron chi connectivity index (χ2n) is 4.30. The number of amides is 1. The second-order valence-corrected chi connectivity index (χ2v) is 5.38. The fourth-order valence-electron chi connectivity index (χ4n) is 1.70. The Balaban J connectivity index is 1.96. The molecule has 104 valence electrons. The maximum Gasteiger partial charge on any atom is 0.345 e. The van der Waals surface area contributed by atoms with E-state index in [2.05, 4.69) is 4.98 Å². The number of likely N-dealkylation sites (N-methyl/N-ethyl adjacent to an activating group) is 1. The van der Waals surface area contributed by atoms with Crippen molar-refractivity contribution < 1.29 is 14.7 Å². The van der Waals surface area contributed by atoms with E-state index in [1.807, 2.05) is 12.1 Å². The van der Waals surface area contributed by atoms with Gasteiger partial charge in [-0.1, -0.05) is 0 Å². The maximum absolute atomic E-state index is 12.1. The first-order valence-corrected chi connectivity index (χ1v) is 6.87. The zero-order chi connectivity index (χ0) is 14.5. The first kappa shape index (κ1) is 14.2. The summed E-state index contributed by atoms with van der Waals surface area (Å²) < 4.78 is 0. The SMILES string of the molecule is CN(CCc1ccncc1)C(=O)c1ccc(C(=O)O)s1. The van der Waals surface area contributed by atoms with E-state index in [1.54, 1.807) is 30.4 Å². The van der Waals surface area contributed by atoms with E-state index in [9.17, 15) is 9.59 Å². The minimum atomic E-state index is -1.01. The van der Waals surface area contributed by atoms with Crippen LogP contribution in [0.15, 0.2) is 36.7 Å². The smallest absolute Gasteiger partial charge is 0.345 e. The van der Waals surface area contributed by atoms with E-state index in [0.29, 0.717) is 11.4 Å². The molecule has 2 rings (SSSR count). The predicted molar refractivity (Wildman–Crippen MR) is 76.2 cm³/mol. The minimum Gasteiger partial charge on any atom is -0.477 e. The number of aromatic nitrogens is 1. The van der Waals surface area contributed by atoms with Crippen molar-refractivity contribution in [1.82, 2.24) is 9.88 Å². The Morgan fingerprint density at radius 3 is 2.45 bits per heavy atom. The van der Waals surface area contributed by atoms with Crippen LogP contribution in [0.25, 0.3) is 0 Å². The van der Waals surface area contributed by atoms with Crippen LogP contribution >= 0.6 is 11.3 Å². The molecule has 5 nitrogen and oxygen atoms in total. The van der Waals surface area contributed by atoms with Crippen LogP contribution in [0.5, 0.6) is 0 Å². The largest absolute Gasteiger partial charge is 0.477 e. The van der Waals surface area contributed by atoms with Crippen LogP contribution in [-0.2, 0) is 6.42 Å². The lowest BCUT2D eigenvalue weighted by molar-refractivity contribution is 0.0701. The third kappa shape index (κ3) is 3.42. The molecule has 1 amide bonds. The van der Waals surface area contributed by atoms with Crippen molar-refractivity contribution in [2.75, 3.05) is 13.6 Å². The van der Waals surface area contributed by atoms with Gasteiger partial charge in [-0.15, -0.1) is 11.3 Å². The Bertz CT molecular complexity index is 610. The third-order valence-corrected chi connectivity index (χ3v) is 3.92. The molecular formula is C14H14N2O3S. The van der Waals surface area contributed by atoms with E-state index in [4.69, 9.17) is 5.11 Å². The molecule has 1 N–H and O–H groups in total. The number of thiophene rings is 1. The highest BCUT2D eigenvalue weighted by Gasteiger charge is 2.16. The Hall–Kier alpha value is -2.21. The normalized spacial score (nSPS) is 10.2. The Morgan fingerprint density at radius 2 is 1.85 bits per heavy atom. The van der Waals surface area contributed by atoms with Crippen molar-refractivity contribution in [1.29, 1.82) is 0 Å². The molecule has 0 aliphatic rings. The highest BCUT2D eigenvalue weighted by Crippen LogP contribution is 2.18. The van der Waals surface area contributed by atoms with Crippen LogP contribution in [0.2, 0.25) is 0 Å². The number of carbonyl (C=O) groups excluding carboxylic acids is 1. The van der Waals surface area contributed by atoms with E-state index in [0.717, 1.165) is 23.3 Å². The molecule has 0 radical (unpaired) electrons. The lowest BCUT2D eigenvalue weighted by atomic mass is 10.2. The van der Waals surface area contributed by atoms with Crippen molar-refractivity contribution in [3.8, 4) is 0 Å². The number of hydrogen-bond donors (Lipinski definition) is 1. The number of pyridine rings is 1. The monoisotopic (exact) mass is 290 g/mol. The number of carboxylic acid groups (broad SMARTS) is 1. The second kappa shape index (κ2) is 6.29. The number of carbonyl (C=O) groups is 2. The maximum atomic E-state index is 12.1. The molecule has 0 bridgehead atoms. The number of rotatable bonds is 5. The van der Waals surface area contributed by atoms with Crippen molar-refractivity contribution in [3.05, 3.63) is 52.0 Å². The molecule has 0 fully saturated rings. The number of carboxylic acids is 1. The topological polar surface area (TPSA) is 70.5 Å². The average Bonchev–Trinajstić information content (AvgIpc) is 2.95. The van der Waals surface area contributed by atoms with Gasteiger partial charge in [-0.3, -0.25) is 9.78 Å². The molecular weight excluding hydrogens is 276 g/mol. The summed E-state index contributed by atoms with van der Waals surface area (Å²) in [5, 5.41) is 8.85. The van der Waals surface area contributed by atoms with Gasteiger partial charge in [-0.2, -0.15) is 0 Å². The summed E-state index contributed by atoms with van der Waals surface area (Å²) in [6.45, 7) is 0.573. The van der Waals surface area contributed by atoms with Gasteiger partial charge < -0.3 is 10.0 Å². The van der Waals surface area contributed by atoms with Crippen LogP contribution in [-0.4, -0.2) is 40.5 Å². The summed E-state index contributed by atoms with van der Waals surface area (Å²) in [6.07, 6.45) is 4.17. The summed E-state index contributed by atoms with van der Waals surface area (Å²) in [4.78, 5) is 29.1.